The molecule has 1 aliphatic heterocycles. The lowest BCUT2D eigenvalue weighted by Crippen LogP contribution is -2.65. The molecular weight excluding hydrogens is 248 g/mol. The Hall–Kier alpha value is -0.120. The Morgan fingerprint density at radius 1 is 1.15 bits per heavy atom. The fourth-order valence-electron chi connectivity index (χ4n) is 5.04. The Balaban J connectivity index is 2.25. The Morgan fingerprint density at radius 3 is 2.30 bits per heavy atom. The molecule has 0 aromatic rings. The van der Waals surface area contributed by atoms with Gasteiger partial charge in [0.1, 0.15) is 0 Å². The lowest BCUT2D eigenvalue weighted by atomic mass is 9.63. The SMILES string of the molecule is CC1CC(C)(C)CC(CN)(N2CC(C)OC(C)(C)C2)C1. The van der Waals surface area contributed by atoms with Crippen molar-refractivity contribution in [2.24, 2.45) is 17.1 Å². The summed E-state index contributed by atoms with van der Waals surface area (Å²) < 4.78 is 6.08. The molecule has 0 aromatic carbocycles. The molecule has 2 N–H and O–H groups in total. The highest BCUT2D eigenvalue weighted by molar-refractivity contribution is 5.03. The molecular formula is C17H34N2O. The van der Waals surface area contributed by atoms with E-state index in [1.165, 1.54) is 19.3 Å². The number of hydrogen-bond donors (Lipinski definition) is 1. The van der Waals surface area contributed by atoms with Crippen molar-refractivity contribution in [2.75, 3.05) is 19.6 Å². The minimum absolute atomic E-state index is 0.0648. The smallest absolute Gasteiger partial charge is 0.0757 e. The fraction of sp³-hybridized carbons (Fsp3) is 1.00. The minimum atomic E-state index is -0.0648. The van der Waals surface area contributed by atoms with Gasteiger partial charge in [-0.3, -0.25) is 4.90 Å². The summed E-state index contributed by atoms with van der Waals surface area (Å²) in [4.78, 5) is 2.65. The Morgan fingerprint density at radius 2 is 1.80 bits per heavy atom. The van der Waals surface area contributed by atoms with E-state index in [2.05, 4.69) is 46.4 Å². The zero-order valence-electron chi connectivity index (χ0n) is 14.3. The summed E-state index contributed by atoms with van der Waals surface area (Å²) in [6.07, 6.45) is 4.06. The molecule has 1 saturated carbocycles. The second-order valence-corrected chi connectivity index (χ2v) is 8.85. The molecule has 1 heterocycles. The second-order valence-electron chi connectivity index (χ2n) is 8.85. The van der Waals surface area contributed by atoms with Crippen molar-refractivity contribution in [1.82, 2.24) is 4.90 Å². The predicted octanol–water partition coefficient (Wildman–Crippen LogP) is 3.03. The summed E-state index contributed by atoms with van der Waals surface area (Å²) in [5.74, 6) is 0.753. The number of nitrogens with zero attached hydrogens (tertiary/aromatic N) is 1. The van der Waals surface area contributed by atoms with E-state index in [0.717, 1.165) is 25.6 Å². The lowest BCUT2D eigenvalue weighted by Gasteiger charge is -2.57. The molecule has 3 heteroatoms. The number of nitrogens with two attached hydrogens (primary N) is 1. The van der Waals surface area contributed by atoms with Crippen LogP contribution in [0.15, 0.2) is 0 Å². The van der Waals surface area contributed by atoms with Crippen molar-refractivity contribution >= 4 is 0 Å². The summed E-state index contributed by atoms with van der Waals surface area (Å²) in [6, 6.07) is 0. The summed E-state index contributed by atoms with van der Waals surface area (Å²) >= 11 is 0. The first-order valence-corrected chi connectivity index (χ1v) is 8.20. The van der Waals surface area contributed by atoms with Crippen LogP contribution < -0.4 is 5.73 Å². The van der Waals surface area contributed by atoms with Crippen molar-refractivity contribution in [3.05, 3.63) is 0 Å². The molecule has 3 atom stereocenters. The van der Waals surface area contributed by atoms with Crippen molar-refractivity contribution in [2.45, 2.75) is 78.0 Å². The van der Waals surface area contributed by atoms with Crippen LogP contribution in [0.2, 0.25) is 0 Å². The number of morpholine rings is 1. The van der Waals surface area contributed by atoms with Crippen LogP contribution in [0.25, 0.3) is 0 Å². The van der Waals surface area contributed by atoms with E-state index in [1.807, 2.05) is 0 Å². The molecule has 20 heavy (non-hydrogen) atoms. The Labute approximate surface area is 125 Å². The lowest BCUT2D eigenvalue weighted by molar-refractivity contribution is -0.165. The van der Waals surface area contributed by atoms with Gasteiger partial charge in [-0.05, 0) is 51.4 Å². The summed E-state index contributed by atoms with van der Waals surface area (Å²) in [6.45, 7) is 16.6. The summed E-state index contributed by atoms with van der Waals surface area (Å²) in [5, 5.41) is 0. The predicted molar refractivity (Wildman–Crippen MR) is 84.8 cm³/mol. The van der Waals surface area contributed by atoms with Gasteiger partial charge >= 0.3 is 0 Å². The third kappa shape index (κ3) is 3.37. The molecule has 0 spiro atoms. The Kier molecular flexibility index (Phi) is 4.27. The molecule has 0 aromatic heterocycles. The molecule has 0 radical (unpaired) electrons. The number of ether oxygens (including phenoxy) is 1. The zero-order valence-corrected chi connectivity index (χ0v) is 14.3. The second kappa shape index (κ2) is 5.26. The fourth-order valence-corrected chi connectivity index (χ4v) is 5.04. The first-order valence-electron chi connectivity index (χ1n) is 8.20. The van der Waals surface area contributed by atoms with Gasteiger partial charge in [-0.1, -0.05) is 20.8 Å². The zero-order chi connectivity index (χ0) is 15.2. The van der Waals surface area contributed by atoms with Gasteiger partial charge < -0.3 is 10.5 Å². The quantitative estimate of drug-likeness (QED) is 0.846. The van der Waals surface area contributed by atoms with Gasteiger partial charge in [0.05, 0.1) is 11.7 Å². The maximum atomic E-state index is 6.30. The van der Waals surface area contributed by atoms with E-state index in [9.17, 15) is 0 Å². The van der Waals surface area contributed by atoms with Gasteiger partial charge in [0, 0.05) is 25.2 Å². The van der Waals surface area contributed by atoms with E-state index in [0.29, 0.717) is 11.5 Å². The average Bonchev–Trinajstić information content (AvgIpc) is 2.23. The monoisotopic (exact) mass is 282 g/mol. The van der Waals surface area contributed by atoms with E-state index in [1.54, 1.807) is 0 Å². The average molecular weight is 282 g/mol. The van der Waals surface area contributed by atoms with Gasteiger partial charge in [0.2, 0.25) is 0 Å². The van der Waals surface area contributed by atoms with E-state index in [4.69, 9.17) is 10.5 Å². The molecule has 2 fully saturated rings. The Bertz CT molecular complexity index is 353. The van der Waals surface area contributed by atoms with Crippen LogP contribution in [0.3, 0.4) is 0 Å². The number of hydrogen-bond acceptors (Lipinski definition) is 3. The van der Waals surface area contributed by atoms with Crippen molar-refractivity contribution in [3.63, 3.8) is 0 Å². The van der Waals surface area contributed by atoms with E-state index in [-0.39, 0.29) is 11.1 Å². The van der Waals surface area contributed by atoms with Gasteiger partial charge in [0.25, 0.3) is 0 Å². The van der Waals surface area contributed by atoms with Crippen LogP contribution in [-0.4, -0.2) is 41.8 Å². The van der Waals surface area contributed by atoms with Crippen LogP contribution in [0.1, 0.15) is 60.8 Å². The molecule has 2 aliphatic rings. The van der Waals surface area contributed by atoms with Crippen LogP contribution in [-0.2, 0) is 4.74 Å². The normalized spacial score (nSPS) is 41.5. The summed E-state index contributed by atoms with van der Waals surface area (Å²) in [7, 11) is 0. The van der Waals surface area contributed by atoms with Gasteiger partial charge in [-0.15, -0.1) is 0 Å². The van der Waals surface area contributed by atoms with Crippen LogP contribution >= 0.6 is 0 Å². The third-order valence-electron chi connectivity index (χ3n) is 5.06. The standard InChI is InChI=1S/C17H34N2O/c1-13-7-15(3,4)10-17(8-13,11-18)19-9-14(2)20-16(5,6)12-19/h13-14H,7-12,18H2,1-6H3. The van der Waals surface area contributed by atoms with Gasteiger partial charge in [-0.2, -0.15) is 0 Å². The maximum Gasteiger partial charge on any atom is 0.0757 e. The van der Waals surface area contributed by atoms with Gasteiger partial charge in [-0.25, -0.2) is 0 Å². The molecule has 1 aliphatic carbocycles. The molecule has 1 saturated heterocycles. The molecule has 118 valence electrons. The first kappa shape index (κ1) is 16.3. The van der Waals surface area contributed by atoms with Gasteiger partial charge in [0.15, 0.2) is 0 Å². The van der Waals surface area contributed by atoms with Crippen molar-refractivity contribution < 1.29 is 4.74 Å². The topological polar surface area (TPSA) is 38.5 Å². The largest absolute Gasteiger partial charge is 0.370 e. The van der Waals surface area contributed by atoms with Crippen LogP contribution in [0.4, 0.5) is 0 Å². The number of rotatable bonds is 2. The van der Waals surface area contributed by atoms with Crippen LogP contribution in [0, 0.1) is 11.3 Å². The first-order chi connectivity index (χ1) is 9.07. The molecule has 0 amide bonds. The van der Waals surface area contributed by atoms with Crippen molar-refractivity contribution in [3.8, 4) is 0 Å². The highest BCUT2D eigenvalue weighted by Crippen LogP contribution is 2.47. The molecule has 0 bridgehead atoms. The van der Waals surface area contributed by atoms with Crippen LogP contribution in [0.5, 0.6) is 0 Å². The highest BCUT2D eigenvalue weighted by atomic mass is 16.5. The van der Waals surface area contributed by atoms with Crippen molar-refractivity contribution in [1.29, 1.82) is 0 Å². The minimum Gasteiger partial charge on any atom is -0.370 e. The summed E-state index contributed by atoms with van der Waals surface area (Å²) in [5.41, 5.74) is 6.79. The molecule has 3 unspecified atom stereocenters. The maximum absolute atomic E-state index is 6.30. The van der Waals surface area contributed by atoms with E-state index < -0.39 is 0 Å². The third-order valence-corrected chi connectivity index (χ3v) is 5.06. The molecule has 2 rings (SSSR count). The van der Waals surface area contributed by atoms with E-state index >= 15 is 0 Å². The molecule has 3 nitrogen and oxygen atoms in total. The highest BCUT2D eigenvalue weighted by Gasteiger charge is 2.48.